The Kier molecular flexibility index (Phi) is 3.99. The molecule has 0 radical (unpaired) electrons. The van der Waals surface area contributed by atoms with E-state index in [4.69, 9.17) is 4.74 Å². The molecule has 0 aromatic carbocycles. The highest BCUT2D eigenvalue weighted by Gasteiger charge is 2.34. The third-order valence-corrected chi connectivity index (χ3v) is 4.61. The highest BCUT2D eigenvalue weighted by atomic mass is 32.2. The van der Waals surface area contributed by atoms with Gasteiger partial charge in [0.2, 0.25) is 5.88 Å². The first-order valence-electron chi connectivity index (χ1n) is 6.54. The summed E-state index contributed by atoms with van der Waals surface area (Å²) in [6.07, 6.45) is -3.37. The first-order valence-corrected chi connectivity index (χ1v) is 7.86. The van der Waals surface area contributed by atoms with Gasteiger partial charge in [-0.2, -0.15) is 13.2 Å². The summed E-state index contributed by atoms with van der Waals surface area (Å²) < 4.78 is 56.3. The van der Waals surface area contributed by atoms with Crippen LogP contribution in [0.25, 0.3) is 0 Å². The Balaban J connectivity index is 1.75. The average Bonchev–Trinajstić information content (AvgIpc) is 2.92. The first-order chi connectivity index (χ1) is 11.2. The van der Waals surface area contributed by atoms with E-state index in [1.165, 1.54) is 4.57 Å². The van der Waals surface area contributed by atoms with Gasteiger partial charge in [-0.05, 0) is 16.0 Å². The van der Waals surface area contributed by atoms with Gasteiger partial charge in [-0.25, -0.2) is 9.19 Å². The number of ether oxygens (including phenoxy) is 1. The average molecular weight is 362 g/mol. The number of halogens is 3. The Hall–Kier alpha value is -2.50. The molecule has 0 aliphatic carbocycles. The van der Waals surface area contributed by atoms with Gasteiger partial charge >= 0.3 is 17.2 Å². The standard InChI is InChI=1S/C12H9F3N4O4S/c13-12(14,15)7-1-2-10(16-3-7)23-8-4-18-5-9(19(20)21)17-11(18)24(22)6-8/h1-3,5,8H,4,6H2. The van der Waals surface area contributed by atoms with Crippen LogP contribution < -0.4 is 4.74 Å². The molecule has 8 nitrogen and oxygen atoms in total. The van der Waals surface area contributed by atoms with Crippen molar-refractivity contribution in [1.29, 1.82) is 0 Å². The van der Waals surface area contributed by atoms with E-state index in [1.54, 1.807) is 0 Å². The highest BCUT2D eigenvalue weighted by molar-refractivity contribution is 7.84. The Bertz CT molecular complexity index is 806. The number of hydrogen-bond acceptors (Lipinski definition) is 6. The molecular formula is C12H9F3N4O4S. The predicted octanol–water partition coefficient (Wildman–Crippen LogP) is 1.77. The second kappa shape index (κ2) is 5.85. The van der Waals surface area contributed by atoms with Crippen LogP contribution in [-0.4, -0.2) is 35.5 Å². The van der Waals surface area contributed by atoms with Crippen LogP contribution in [0.5, 0.6) is 5.88 Å². The summed E-state index contributed by atoms with van der Waals surface area (Å²) in [5.74, 6) is -0.466. The Morgan fingerprint density at radius 3 is 2.75 bits per heavy atom. The van der Waals surface area contributed by atoms with Gasteiger partial charge in [0.1, 0.15) is 23.1 Å². The van der Waals surface area contributed by atoms with Gasteiger partial charge in [-0.15, -0.1) is 0 Å². The number of nitrogens with zero attached hydrogens (tertiary/aromatic N) is 4. The number of fused-ring (bicyclic) bond motifs is 1. The number of pyridine rings is 1. The van der Waals surface area contributed by atoms with Crippen LogP contribution in [0, 0.1) is 10.1 Å². The molecule has 0 saturated carbocycles. The normalized spacial score (nSPS) is 20.5. The zero-order valence-corrected chi connectivity index (χ0v) is 12.6. The van der Waals surface area contributed by atoms with Crippen molar-refractivity contribution in [3.8, 4) is 5.88 Å². The largest absolute Gasteiger partial charge is 0.471 e. The van der Waals surface area contributed by atoms with E-state index in [9.17, 15) is 27.5 Å². The lowest BCUT2D eigenvalue weighted by Crippen LogP contribution is -2.35. The fourth-order valence-corrected chi connectivity index (χ4v) is 3.41. The monoisotopic (exact) mass is 362 g/mol. The molecule has 128 valence electrons. The summed E-state index contributed by atoms with van der Waals surface area (Å²) in [7, 11) is -1.62. The van der Waals surface area contributed by atoms with E-state index in [0.717, 1.165) is 18.3 Å². The first kappa shape index (κ1) is 16.4. The SMILES string of the molecule is O=[N+]([O-])c1cn2c(n1)S(=O)CC(Oc1ccc(C(F)(F)F)cn1)C2. The van der Waals surface area contributed by atoms with Gasteiger partial charge in [0.15, 0.2) is 0 Å². The van der Waals surface area contributed by atoms with Crippen molar-refractivity contribution in [2.75, 3.05) is 5.75 Å². The highest BCUT2D eigenvalue weighted by Crippen LogP contribution is 2.29. The third-order valence-electron chi connectivity index (χ3n) is 3.21. The molecule has 0 bridgehead atoms. The van der Waals surface area contributed by atoms with E-state index >= 15 is 0 Å². The lowest BCUT2D eigenvalue weighted by molar-refractivity contribution is -0.389. The molecule has 24 heavy (non-hydrogen) atoms. The second-order valence-corrected chi connectivity index (χ2v) is 6.32. The van der Waals surface area contributed by atoms with Crippen LogP contribution in [-0.2, 0) is 23.5 Å². The van der Waals surface area contributed by atoms with Crippen LogP contribution in [0.3, 0.4) is 0 Å². The van der Waals surface area contributed by atoms with Gasteiger partial charge in [0, 0.05) is 12.3 Å². The minimum Gasteiger partial charge on any atom is -0.471 e. The Morgan fingerprint density at radius 2 is 2.17 bits per heavy atom. The van der Waals surface area contributed by atoms with Crippen LogP contribution in [0.4, 0.5) is 19.0 Å². The van der Waals surface area contributed by atoms with Crippen molar-refractivity contribution in [2.24, 2.45) is 0 Å². The number of hydrogen-bond donors (Lipinski definition) is 0. The number of rotatable bonds is 3. The number of aromatic nitrogens is 3. The molecule has 2 atom stereocenters. The van der Waals surface area contributed by atoms with Crippen molar-refractivity contribution in [2.45, 2.75) is 24.0 Å². The van der Waals surface area contributed by atoms with Crippen molar-refractivity contribution in [3.63, 3.8) is 0 Å². The molecule has 0 fully saturated rings. The second-order valence-electron chi connectivity index (χ2n) is 4.93. The maximum absolute atomic E-state index is 12.5. The zero-order chi connectivity index (χ0) is 17.5. The smallest absolute Gasteiger partial charge is 0.417 e. The molecule has 0 saturated heterocycles. The Morgan fingerprint density at radius 1 is 1.42 bits per heavy atom. The summed E-state index contributed by atoms with van der Waals surface area (Å²) in [6.45, 7) is 0.130. The van der Waals surface area contributed by atoms with E-state index < -0.39 is 39.4 Å². The van der Waals surface area contributed by atoms with Crippen molar-refractivity contribution in [1.82, 2.24) is 14.5 Å². The van der Waals surface area contributed by atoms with Crippen LogP contribution >= 0.6 is 0 Å². The van der Waals surface area contributed by atoms with Gasteiger partial charge in [0.05, 0.1) is 17.9 Å². The van der Waals surface area contributed by atoms with Crippen molar-refractivity contribution in [3.05, 3.63) is 40.2 Å². The lowest BCUT2D eigenvalue weighted by Gasteiger charge is -2.22. The fraction of sp³-hybridized carbons (Fsp3) is 0.333. The van der Waals surface area contributed by atoms with E-state index in [1.807, 2.05) is 0 Å². The molecule has 0 N–H and O–H groups in total. The fourth-order valence-electron chi connectivity index (χ4n) is 2.16. The summed E-state index contributed by atoms with van der Waals surface area (Å²) in [6, 6.07) is 1.90. The molecular weight excluding hydrogens is 353 g/mol. The molecule has 1 aliphatic heterocycles. The summed E-state index contributed by atoms with van der Waals surface area (Å²) >= 11 is 0. The molecule has 1 aliphatic rings. The van der Waals surface area contributed by atoms with E-state index in [-0.39, 0.29) is 23.3 Å². The zero-order valence-electron chi connectivity index (χ0n) is 11.8. The van der Waals surface area contributed by atoms with Gasteiger partial charge in [0.25, 0.3) is 0 Å². The molecule has 3 heterocycles. The predicted molar refractivity (Wildman–Crippen MR) is 73.8 cm³/mol. The van der Waals surface area contributed by atoms with E-state index in [2.05, 4.69) is 9.97 Å². The molecule has 2 aromatic heterocycles. The van der Waals surface area contributed by atoms with Crippen LogP contribution in [0.2, 0.25) is 0 Å². The summed E-state index contributed by atoms with van der Waals surface area (Å²) in [5, 5.41) is 10.8. The maximum Gasteiger partial charge on any atom is 0.417 e. The number of alkyl halides is 3. The molecule has 2 unspecified atom stereocenters. The van der Waals surface area contributed by atoms with Crippen molar-refractivity contribution >= 4 is 16.6 Å². The summed E-state index contributed by atoms with van der Waals surface area (Å²) in [4.78, 5) is 17.3. The van der Waals surface area contributed by atoms with E-state index in [0.29, 0.717) is 6.20 Å². The lowest BCUT2D eigenvalue weighted by atomic mass is 10.3. The van der Waals surface area contributed by atoms with Gasteiger partial charge in [-0.3, -0.25) is 4.57 Å². The minimum absolute atomic E-state index is 0.0108. The molecule has 12 heteroatoms. The Labute approximate surface area is 134 Å². The molecule has 2 aromatic rings. The van der Waals surface area contributed by atoms with Gasteiger partial charge < -0.3 is 14.9 Å². The summed E-state index contributed by atoms with van der Waals surface area (Å²) in [5.41, 5.74) is -0.908. The topological polar surface area (TPSA) is 100 Å². The molecule has 0 amide bonds. The maximum atomic E-state index is 12.5. The van der Waals surface area contributed by atoms with Crippen LogP contribution in [0.15, 0.2) is 29.7 Å². The quantitative estimate of drug-likeness (QED) is 0.609. The van der Waals surface area contributed by atoms with Crippen molar-refractivity contribution < 1.29 is 27.0 Å². The van der Waals surface area contributed by atoms with Gasteiger partial charge in [-0.1, -0.05) is 0 Å². The minimum atomic E-state index is -4.50. The molecule has 0 spiro atoms. The third kappa shape index (κ3) is 3.22. The number of imidazole rings is 1. The molecule has 3 rings (SSSR count). The van der Waals surface area contributed by atoms with Crippen LogP contribution in [0.1, 0.15) is 5.56 Å². The number of nitro groups is 1.